The van der Waals surface area contributed by atoms with Crippen molar-refractivity contribution in [2.45, 2.75) is 13.0 Å². The highest BCUT2D eigenvalue weighted by atomic mass is 35.5. The molecule has 0 unspecified atom stereocenters. The first-order chi connectivity index (χ1) is 8.97. The molecule has 0 saturated heterocycles. The average Bonchev–Trinajstić information content (AvgIpc) is 2.36. The highest BCUT2D eigenvalue weighted by Gasteiger charge is 2.10. The number of halogens is 3. The number of ether oxygens (including phenoxy) is 1. The summed E-state index contributed by atoms with van der Waals surface area (Å²) in [5.41, 5.74) is 0.446. The Bertz CT molecular complexity index is 600. The Hall–Kier alpha value is -1.65. The van der Waals surface area contributed by atoms with E-state index in [0.717, 1.165) is 6.07 Å². The predicted molar refractivity (Wildman–Crippen MR) is 68.5 cm³/mol. The van der Waals surface area contributed by atoms with Crippen LogP contribution in [0.15, 0.2) is 36.4 Å². The zero-order valence-electron chi connectivity index (χ0n) is 10.0. The summed E-state index contributed by atoms with van der Waals surface area (Å²) >= 11 is 5.60. The second kappa shape index (κ2) is 5.55. The zero-order chi connectivity index (χ0) is 14.0. The molecule has 0 radical (unpaired) electrons. The zero-order valence-corrected chi connectivity index (χ0v) is 10.8. The lowest BCUT2D eigenvalue weighted by molar-refractivity contribution is 0.198. The molecule has 1 atom stereocenters. The van der Waals surface area contributed by atoms with Gasteiger partial charge in [0, 0.05) is 6.07 Å². The topological polar surface area (TPSA) is 29.5 Å². The normalized spacial score (nSPS) is 12.3. The quantitative estimate of drug-likeness (QED) is 0.901. The molecule has 0 aliphatic carbocycles. The molecule has 2 aromatic rings. The monoisotopic (exact) mass is 284 g/mol. The Morgan fingerprint density at radius 2 is 1.84 bits per heavy atom. The molecule has 0 aliphatic heterocycles. The molecular weight excluding hydrogens is 274 g/mol. The minimum absolute atomic E-state index is 0.0212. The van der Waals surface area contributed by atoms with Crippen LogP contribution in [0.3, 0.4) is 0 Å². The fourth-order valence-electron chi connectivity index (χ4n) is 1.53. The van der Waals surface area contributed by atoms with Crippen LogP contribution in [0.4, 0.5) is 8.78 Å². The van der Waals surface area contributed by atoms with Crippen molar-refractivity contribution in [2.24, 2.45) is 0 Å². The van der Waals surface area contributed by atoms with Crippen molar-refractivity contribution in [3.8, 4) is 11.5 Å². The van der Waals surface area contributed by atoms with E-state index >= 15 is 0 Å². The highest BCUT2D eigenvalue weighted by molar-refractivity contribution is 6.30. The number of benzene rings is 2. The third-order valence-corrected chi connectivity index (χ3v) is 2.85. The lowest BCUT2D eigenvalue weighted by atomic mass is 10.1. The van der Waals surface area contributed by atoms with Crippen molar-refractivity contribution in [1.82, 2.24) is 0 Å². The van der Waals surface area contributed by atoms with Gasteiger partial charge in [-0.3, -0.25) is 0 Å². The molecule has 0 saturated carbocycles. The SMILES string of the molecule is C[C@H](O)c1ccc(Oc2ccc(F)c(Cl)c2)c(F)c1. The fraction of sp³-hybridized carbons (Fsp3) is 0.143. The minimum Gasteiger partial charge on any atom is -0.454 e. The van der Waals surface area contributed by atoms with E-state index in [4.69, 9.17) is 16.3 Å². The summed E-state index contributed by atoms with van der Waals surface area (Å²) in [4.78, 5) is 0. The van der Waals surface area contributed by atoms with Crippen LogP contribution in [0.2, 0.25) is 5.02 Å². The van der Waals surface area contributed by atoms with E-state index in [0.29, 0.717) is 5.56 Å². The average molecular weight is 285 g/mol. The third-order valence-electron chi connectivity index (χ3n) is 2.56. The van der Waals surface area contributed by atoms with Gasteiger partial charge in [-0.25, -0.2) is 8.78 Å². The van der Waals surface area contributed by atoms with Crippen LogP contribution in [-0.2, 0) is 0 Å². The number of aliphatic hydroxyl groups is 1. The number of hydrogen-bond donors (Lipinski definition) is 1. The maximum Gasteiger partial charge on any atom is 0.166 e. The van der Waals surface area contributed by atoms with Gasteiger partial charge in [0.2, 0.25) is 0 Å². The van der Waals surface area contributed by atoms with Gasteiger partial charge in [-0.2, -0.15) is 0 Å². The Labute approximate surface area is 114 Å². The van der Waals surface area contributed by atoms with Crippen LogP contribution < -0.4 is 4.74 Å². The smallest absolute Gasteiger partial charge is 0.166 e. The van der Waals surface area contributed by atoms with Crippen LogP contribution >= 0.6 is 11.6 Å². The van der Waals surface area contributed by atoms with E-state index in [1.807, 2.05) is 0 Å². The van der Waals surface area contributed by atoms with Gasteiger partial charge in [-0.1, -0.05) is 17.7 Å². The Balaban J connectivity index is 2.25. The standard InChI is InChI=1S/C14H11ClF2O2/c1-8(18)9-2-5-14(13(17)6-9)19-10-3-4-12(16)11(15)7-10/h2-8,18H,1H3/t8-/m0/s1. The fourth-order valence-corrected chi connectivity index (χ4v) is 1.70. The van der Waals surface area contributed by atoms with Crippen molar-refractivity contribution in [1.29, 1.82) is 0 Å². The predicted octanol–water partition coefficient (Wildman–Crippen LogP) is 4.46. The van der Waals surface area contributed by atoms with E-state index in [1.165, 1.54) is 31.2 Å². The molecule has 0 aromatic heterocycles. The summed E-state index contributed by atoms with van der Waals surface area (Å²) in [7, 11) is 0. The Morgan fingerprint density at radius 1 is 1.11 bits per heavy atom. The van der Waals surface area contributed by atoms with Crippen LogP contribution in [0.1, 0.15) is 18.6 Å². The summed E-state index contributed by atoms with van der Waals surface area (Å²) < 4.78 is 32.0. The molecule has 0 spiro atoms. The van der Waals surface area contributed by atoms with Crippen LogP contribution in [0, 0.1) is 11.6 Å². The third kappa shape index (κ3) is 3.22. The van der Waals surface area contributed by atoms with Crippen molar-refractivity contribution in [3.63, 3.8) is 0 Å². The molecule has 2 nitrogen and oxygen atoms in total. The first-order valence-electron chi connectivity index (χ1n) is 5.58. The van der Waals surface area contributed by atoms with Gasteiger partial charge >= 0.3 is 0 Å². The Kier molecular flexibility index (Phi) is 4.02. The molecule has 0 amide bonds. The molecule has 0 fully saturated rings. The van der Waals surface area contributed by atoms with Crippen molar-refractivity contribution in [2.75, 3.05) is 0 Å². The summed E-state index contributed by atoms with van der Waals surface area (Å²) in [6.07, 6.45) is -0.760. The van der Waals surface area contributed by atoms with Crippen LogP contribution in [-0.4, -0.2) is 5.11 Å². The maximum atomic E-state index is 13.7. The number of aliphatic hydroxyl groups excluding tert-OH is 1. The van der Waals surface area contributed by atoms with Crippen molar-refractivity contribution >= 4 is 11.6 Å². The molecule has 19 heavy (non-hydrogen) atoms. The number of hydrogen-bond acceptors (Lipinski definition) is 2. The van der Waals surface area contributed by atoms with Gasteiger partial charge in [0.15, 0.2) is 11.6 Å². The second-order valence-electron chi connectivity index (χ2n) is 4.04. The number of rotatable bonds is 3. The second-order valence-corrected chi connectivity index (χ2v) is 4.45. The van der Waals surface area contributed by atoms with Gasteiger partial charge in [0.1, 0.15) is 11.6 Å². The van der Waals surface area contributed by atoms with E-state index < -0.39 is 17.7 Å². The largest absolute Gasteiger partial charge is 0.454 e. The van der Waals surface area contributed by atoms with Crippen molar-refractivity contribution < 1.29 is 18.6 Å². The van der Waals surface area contributed by atoms with E-state index in [1.54, 1.807) is 6.07 Å². The maximum absolute atomic E-state index is 13.7. The minimum atomic E-state index is -0.760. The van der Waals surface area contributed by atoms with Gasteiger partial charge in [-0.05, 0) is 36.8 Å². The summed E-state index contributed by atoms with van der Waals surface area (Å²) in [6.45, 7) is 1.54. The molecule has 2 aromatic carbocycles. The molecule has 0 aliphatic rings. The van der Waals surface area contributed by atoms with Crippen LogP contribution in [0.25, 0.3) is 0 Å². The molecule has 100 valence electrons. The first kappa shape index (κ1) is 13.8. The molecule has 5 heteroatoms. The Morgan fingerprint density at radius 3 is 2.42 bits per heavy atom. The van der Waals surface area contributed by atoms with E-state index in [-0.39, 0.29) is 16.5 Å². The first-order valence-corrected chi connectivity index (χ1v) is 5.95. The molecule has 0 heterocycles. The van der Waals surface area contributed by atoms with Gasteiger partial charge in [-0.15, -0.1) is 0 Å². The summed E-state index contributed by atoms with van der Waals surface area (Å²) in [6, 6.07) is 7.88. The van der Waals surface area contributed by atoms with E-state index in [2.05, 4.69) is 0 Å². The van der Waals surface area contributed by atoms with E-state index in [9.17, 15) is 13.9 Å². The van der Waals surface area contributed by atoms with Gasteiger partial charge in [0.25, 0.3) is 0 Å². The molecular formula is C14H11ClF2O2. The molecule has 0 bridgehead atoms. The molecule has 1 N–H and O–H groups in total. The lowest BCUT2D eigenvalue weighted by Gasteiger charge is -2.10. The molecule has 2 rings (SSSR count). The van der Waals surface area contributed by atoms with Crippen molar-refractivity contribution in [3.05, 3.63) is 58.6 Å². The van der Waals surface area contributed by atoms with Gasteiger partial charge < -0.3 is 9.84 Å². The lowest BCUT2D eigenvalue weighted by Crippen LogP contribution is -1.94. The summed E-state index contributed by atoms with van der Waals surface area (Å²) in [5, 5.41) is 9.23. The summed E-state index contributed by atoms with van der Waals surface area (Å²) in [5.74, 6) is -0.972. The van der Waals surface area contributed by atoms with Gasteiger partial charge in [0.05, 0.1) is 11.1 Å². The highest BCUT2D eigenvalue weighted by Crippen LogP contribution is 2.29. The van der Waals surface area contributed by atoms with Crippen LogP contribution in [0.5, 0.6) is 11.5 Å².